The van der Waals surface area contributed by atoms with Gasteiger partial charge in [-0.05, 0) is 41.2 Å². The van der Waals surface area contributed by atoms with Gasteiger partial charge in [0.05, 0.1) is 16.5 Å². The summed E-state index contributed by atoms with van der Waals surface area (Å²) in [5, 5.41) is 3.24. The quantitative estimate of drug-likeness (QED) is 0.870. The fraction of sp³-hybridized carbons (Fsp3) is 0.333. The molecule has 0 aliphatic heterocycles. The Hall–Kier alpha value is -0.300. The van der Waals surface area contributed by atoms with Crippen molar-refractivity contribution in [3.05, 3.63) is 27.7 Å². The molecule has 0 fully saturated rings. The molecule has 0 aliphatic rings. The van der Waals surface area contributed by atoms with Crippen molar-refractivity contribution in [3.8, 4) is 0 Å². The number of nitrogens with one attached hydrogen (secondary N) is 2. The van der Waals surface area contributed by atoms with Gasteiger partial charge in [0.2, 0.25) is 10.0 Å². The number of hydrogen-bond acceptors (Lipinski definition) is 3. The topological polar surface area (TPSA) is 58.2 Å². The summed E-state index contributed by atoms with van der Waals surface area (Å²) in [6.07, 6.45) is 0. The molecule has 0 atom stereocenters. The van der Waals surface area contributed by atoms with Gasteiger partial charge in [-0.1, -0.05) is 11.6 Å². The molecule has 1 aromatic rings. The van der Waals surface area contributed by atoms with Gasteiger partial charge in [0.1, 0.15) is 0 Å². The van der Waals surface area contributed by atoms with Gasteiger partial charge in [0, 0.05) is 11.0 Å². The van der Waals surface area contributed by atoms with Crippen LogP contribution in [0, 0.1) is 0 Å². The van der Waals surface area contributed by atoms with Crippen LogP contribution in [0.15, 0.2) is 22.7 Å². The molecule has 2 N–H and O–H groups in total. The first-order valence-electron chi connectivity index (χ1n) is 4.55. The van der Waals surface area contributed by atoms with E-state index in [1.807, 2.05) is 0 Å². The molecule has 16 heavy (non-hydrogen) atoms. The molecule has 0 heterocycles. The Morgan fingerprint density at radius 3 is 2.69 bits per heavy atom. The van der Waals surface area contributed by atoms with Crippen LogP contribution in [-0.2, 0) is 10.0 Å². The van der Waals surface area contributed by atoms with Crippen LogP contribution in [-0.4, -0.2) is 27.8 Å². The van der Waals surface area contributed by atoms with Crippen molar-refractivity contribution in [1.29, 1.82) is 0 Å². The largest absolute Gasteiger partial charge is 0.319 e. The van der Waals surface area contributed by atoms with Crippen molar-refractivity contribution in [1.82, 2.24) is 5.32 Å². The van der Waals surface area contributed by atoms with Gasteiger partial charge in [0.25, 0.3) is 0 Å². The van der Waals surface area contributed by atoms with Crippen LogP contribution in [0.25, 0.3) is 0 Å². The Kier molecular flexibility index (Phi) is 5.04. The SMILES string of the molecule is CNCCS(=O)(=O)Nc1ccc(Br)c(Cl)c1. The van der Waals surface area contributed by atoms with Crippen LogP contribution in [0.2, 0.25) is 5.02 Å². The Bertz CT molecular complexity index is 465. The third kappa shape index (κ3) is 4.29. The summed E-state index contributed by atoms with van der Waals surface area (Å²) in [7, 11) is -1.61. The van der Waals surface area contributed by atoms with Gasteiger partial charge in [0.15, 0.2) is 0 Å². The predicted molar refractivity (Wildman–Crippen MR) is 70.5 cm³/mol. The fourth-order valence-electron chi connectivity index (χ4n) is 1.03. The molecule has 0 radical (unpaired) electrons. The zero-order valence-corrected chi connectivity index (χ0v) is 11.8. The molecule has 1 rings (SSSR count). The third-order valence-electron chi connectivity index (χ3n) is 1.81. The van der Waals surface area contributed by atoms with Crippen LogP contribution in [0.4, 0.5) is 5.69 Å². The summed E-state index contributed by atoms with van der Waals surface area (Å²) in [5.41, 5.74) is 0.462. The highest BCUT2D eigenvalue weighted by molar-refractivity contribution is 9.10. The van der Waals surface area contributed by atoms with E-state index in [-0.39, 0.29) is 5.75 Å². The summed E-state index contributed by atoms with van der Waals surface area (Å²) in [5.74, 6) is 0.0250. The van der Waals surface area contributed by atoms with Gasteiger partial charge in [-0.15, -0.1) is 0 Å². The zero-order chi connectivity index (χ0) is 12.2. The Morgan fingerprint density at radius 2 is 2.12 bits per heavy atom. The average molecular weight is 328 g/mol. The molecular formula is C9H12BrClN2O2S. The summed E-state index contributed by atoms with van der Waals surface area (Å²) >= 11 is 9.08. The normalized spacial score (nSPS) is 11.4. The van der Waals surface area contributed by atoms with Crippen LogP contribution in [0.1, 0.15) is 0 Å². The summed E-state index contributed by atoms with van der Waals surface area (Å²) in [4.78, 5) is 0. The molecule has 1 aromatic carbocycles. The Balaban J connectivity index is 2.76. The van der Waals surface area contributed by atoms with Crippen molar-refractivity contribution in [2.24, 2.45) is 0 Å². The summed E-state index contributed by atoms with van der Waals surface area (Å²) in [6.45, 7) is 0.402. The molecule has 0 aliphatic carbocycles. The Labute approximate surface area is 109 Å². The summed E-state index contributed by atoms with van der Waals surface area (Å²) in [6, 6.07) is 4.90. The van der Waals surface area contributed by atoms with Crippen LogP contribution < -0.4 is 10.0 Å². The average Bonchev–Trinajstić information content (AvgIpc) is 2.20. The fourth-order valence-corrected chi connectivity index (χ4v) is 2.51. The van der Waals surface area contributed by atoms with Crippen LogP contribution in [0.5, 0.6) is 0 Å². The smallest absolute Gasteiger partial charge is 0.233 e. The third-order valence-corrected chi connectivity index (χ3v) is 4.33. The summed E-state index contributed by atoms with van der Waals surface area (Å²) < 4.78 is 26.3. The number of hydrogen-bond donors (Lipinski definition) is 2. The highest BCUT2D eigenvalue weighted by Crippen LogP contribution is 2.25. The first-order chi connectivity index (χ1) is 7.44. The maximum Gasteiger partial charge on any atom is 0.233 e. The molecule has 0 saturated carbocycles. The van der Waals surface area contributed by atoms with E-state index < -0.39 is 10.0 Å². The molecule has 4 nitrogen and oxygen atoms in total. The standard InChI is InChI=1S/C9H12BrClN2O2S/c1-12-4-5-16(14,15)13-7-2-3-8(10)9(11)6-7/h2-3,6,12-13H,4-5H2,1H3. The van der Waals surface area contributed by atoms with Crippen molar-refractivity contribution >= 4 is 43.2 Å². The lowest BCUT2D eigenvalue weighted by molar-refractivity contribution is 0.599. The monoisotopic (exact) mass is 326 g/mol. The van der Waals surface area contributed by atoms with E-state index in [9.17, 15) is 8.42 Å². The molecule has 0 saturated heterocycles. The van der Waals surface area contributed by atoms with E-state index in [4.69, 9.17) is 11.6 Å². The van der Waals surface area contributed by atoms with Gasteiger partial charge in [-0.2, -0.15) is 0 Å². The second-order valence-electron chi connectivity index (χ2n) is 3.15. The predicted octanol–water partition coefficient (Wildman–Crippen LogP) is 2.06. The lowest BCUT2D eigenvalue weighted by atomic mass is 10.3. The van der Waals surface area contributed by atoms with Crippen LogP contribution >= 0.6 is 27.5 Å². The van der Waals surface area contributed by atoms with Gasteiger partial charge < -0.3 is 5.32 Å². The number of benzene rings is 1. The number of halogens is 2. The molecular weight excluding hydrogens is 316 g/mol. The molecule has 7 heteroatoms. The molecule has 90 valence electrons. The first kappa shape index (κ1) is 13.8. The number of rotatable bonds is 5. The molecule has 0 aromatic heterocycles. The van der Waals surface area contributed by atoms with E-state index in [0.29, 0.717) is 17.3 Å². The van der Waals surface area contributed by atoms with Gasteiger partial charge >= 0.3 is 0 Å². The van der Waals surface area contributed by atoms with E-state index in [1.165, 1.54) is 0 Å². The molecule has 0 bridgehead atoms. The molecule has 0 unspecified atom stereocenters. The minimum absolute atomic E-state index is 0.0250. The zero-order valence-electron chi connectivity index (χ0n) is 8.63. The van der Waals surface area contributed by atoms with Crippen molar-refractivity contribution in [2.75, 3.05) is 24.1 Å². The van der Waals surface area contributed by atoms with Crippen molar-refractivity contribution < 1.29 is 8.42 Å². The van der Waals surface area contributed by atoms with Gasteiger partial charge in [-0.25, -0.2) is 8.42 Å². The molecule has 0 amide bonds. The first-order valence-corrected chi connectivity index (χ1v) is 7.37. The highest BCUT2D eigenvalue weighted by atomic mass is 79.9. The highest BCUT2D eigenvalue weighted by Gasteiger charge is 2.10. The maximum atomic E-state index is 11.5. The minimum atomic E-state index is -3.31. The lowest BCUT2D eigenvalue weighted by Gasteiger charge is -2.08. The van der Waals surface area contributed by atoms with Crippen molar-refractivity contribution in [2.45, 2.75) is 0 Å². The second-order valence-corrected chi connectivity index (χ2v) is 6.26. The van der Waals surface area contributed by atoms with Crippen molar-refractivity contribution in [3.63, 3.8) is 0 Å². The number of sulfonamides is 1. The van der Waals surface area contributed by atoms with E-state index >= 15 is 0 Å². The van der Waals surface area contributed by atoms with E-state index in [1.54, 1.807) is 25.2 Å². The Morgan fingerprint density at radius 1 is 1.44 bits per heavy atom. The van der Waals surface area contributed by atoms with Gasteiger partial charge in [-0.3, -0.25) is 4.72 Å². The maximum absolute atomic E-state index is 11.5. The lowest BCUT2D eigenvalue weighted by Crippen LogP contribution is -2.24. The minimum Gasteiger partial charge on any atom is -0.319 e. The second kappa shape index (κ2) is 5.86. The number of anilines is 1. The van der Waals surface area contributed by atoms with E-state index in [2.05, 4.69) is 26.0 Å². The van der Waals surface area contributed by atoms with E-state index in [0.717, 1.165) is 4.47 Å². The van der Waals surface area contributed by atoms with Crippen LogP contribution in [0.3, 0.4) is 0 Å². The molecule has 0 spiro atoms.